The maximum Gasteiger partial charge on any atom is 0.343 e. The summed E-state index contributed by atoms with van der Waals surface area (Å²) in [5, 5.41) is 20.1. The van der Waals surface area contributed by atoms with Gasteiger partial charge in [0, 0.05) is 12.7 Å². The van der Waals surface area contributed by atoms with Crippen molar-refractivity contribution in [3.05, 3.63) is 39.4 Å². The molecule has 1 aliphatic rings. The van der Waals surface area contributed by atoms with E-state index in [0.717, 1.165) is 12.8 Å². The fourth-order valence-corrected chi connectivity index (χ4v) is 2.80. The van der Waals surface area contributed by atoms with Crippen LogP contribution < -0.4 is 0 Å². The molecule has 0 amide bonds. The van der Waals surface area contributed by atoms with Crippen LogP contribution in [0, 0.1) is 16.0 Å². The van der Waals surface area contributed by atoms with Crippen molar-refractivity contribution < 1.29 is 19.6 Å². The monoisotopic (exact) mass is 293 g/mol. The zero-order chi connectivity index (χ0) is 15.2. The van der Waals surface area contributed by atoms with E-state index in [1.54, 1.807) is 6.07 Å². The molecule has 0 heterocycles. The van der Waals surface area contributed by atoms with Gasteiger partial charge in [-0.25, -0.2) is 4.79 Å². The number of benzene rings is 1. The molecule has 0 radical (unpaired) electrons. The van der Waals surface area contributed by atoms with E-state index in [2.05, 4.69) is 0 Å². The summed E-state index contributed by atoms with van der Waals surface area (Å²) in [6, 6.07) is 4.26. The number of nitro benzene ring substituents is 1. The van der Waals surface area contributed by atoms with Crippen LogP contribution in [0.15, 0.2) is 18.2 Å². The van der Waals surface area contributed by atoms with Crippen LogP contribution in [0.1, 0.15) is 48.0 Å². The highest BCUT2D eigenvalue weighted by Gasteiger charge is 2.23. The van der Waals surface area contributed by atoms with Crippen molar-refractivity contribution in [1.29, 1.82) is 0 Å². The third kappa shape index (κ3) is 4.01. The lowest BCUT2D eigenvalue weighted by Gasteiger charge is -2.21. The Kier molecular flexibility index (Phi) is 5.27. The number of carbonyl (C=O) groups is 1. The SMILES string of the molecule is O=C(O)c1c(COCC2CCCCC2)cccc1[N+](=O)[O-]. The average Bonchev–Trinajstić information content (AvgIpc) is 2.47. The smallest absolute Gasteiger partial charge is 0.343 e. The van der Waals surface area contributed by atoms with Crippen molar-refractivity contribution in [1.82, 2.24) is 0 Å². The molecule has 6 heteroatoms. The second kappa shape index (κ2) is 7.17. The van der Waals surface area contributed by atoms with Gasteiger partial charge in [0.25, 0.3) is 5.69 Å². The van der Waals surface area contributed by atoms with Crippen LogP contribution in [-0.2, 0) is 11.3 Å². The van der Waals surface area contributed by atoms with Gasteiger partial charge >= 0.3 is 5.97 Å². The predicted molar refractivity (Wildman–Crippen MR) is 76.3 cm³/mol. The van der Waals surface area contributed by atoms with Crippen LogP contribution in [0.25, 0.3) is 0 Å². The Morgan fingerprint density at radius 2 is 2.05 bits per heavy atom. The van der Waals surface area contributed by atoms with Gasteiger partial charge in [-0.1, -0.05) is 31.4 Å². The third-order valence-corrected chi connectivity index (χ3v) is 3.88. The van der Waals surface area contributed by atoms with Gasteiger partial charge in [-0.15, -0.1) is 0 Å². The molecule has 1 N–H and O–H groups in total. The number of rotatable bonds is 6. The Balaban J connectivity index is 2.03. The lowest BCUT2D eigenvalue weighted by Crippen LogP contribution is -2.14. The first-order valence-corrected chi connectivity index (χ1v) is 7.17. The maximum absolute atomic E-state index is 11.3. The van der Waals surface area contributed by atoms with Crippen LogP contribution in [0.3, 0.4) is 0 Å². The fourth-order valence-electron chi connectivity index (χ4n) is 2.80. The van der Waals surface area contributed by atoms with Crippen molar-refractivity contribution in [2.45, 2.75) is 38.7 Å². The van der Waals surface area contributed by atoms with Gasteiger partial charge in [0.1, 0.15) is 5.56 Å². The van der Waals surface area contributed by atoms with E-state index in [-0.39, 0.29) is 17.9 Å². The number of aromatic carboxylic acids is 1. The van der Waals surface area contributed by atoms with E-state index in [4.69, 9.17) is 4.74 Å². The zero-order valence-electron chi connectivity index (χ0n) is 11.8. The number of carboxylic acids is 1. The van der Waals surface area contributed by atoms with Crippen LogP contribution in [-0.4, -0.2) is 22.6 Å². The largest absolute Gasteiger partial charge is 0.477 e. The summed E-state index contributed by atoms with van der Waals surface area (Å²) in [6.45, 7) is 0.682. The van der Waals surface area contributed by atoms with Gasteiger partial charge in [-0.2, -0.15) is 0 Å². The first-order valence-electron chi connectivity index (χ1n) is 7.17. The molecule has 0 saturated heterocycles. The van der Waals surface area contributed by atoms with Crippen molar-refractivity contribution >= 4 is 11.7 Å². The van der Waals surface area contributed by atoms with Crippen molar-refractivity contribution in [2.75, 3.05) is 6.61 Å². The summed E-state index contributed by atoms with van der Waals surface area (Å²) in [5.41, 5.74) is -0.306. The number of nitro groups is 1. The van der Waals surface area contributed by atoms with E-state index in [0.29, 0.717) is 18.1 Å². The highest BCUT2D eigenvalue weighted by atomic mass is 16.6. The number of hydrogen-bond donors (Lipinski definition) is 1. The van der Waals surface area contributed by atoms with E-state index >= 15 is 0 Å². The molecular formula is C15H19NO5. The minimum Gasteiger partial charge on any atom is -0.477 e. The van der Waals surface area contributed by atoms with Crippen molar-refractivity contribution in [3.8, 4) is 0 Å². The minimum atomic E-state index is -1.29. The molecule has 0 aliphatic heterocycles. The molecule has 6 nitrogen and oxygen atoms in total. The highest BCUT2D eigenvalue weighted by molar-refractivity contribution is 5.94. The number of nitrogens with zero attached hydrogens (tertiary/aromatic N) is 1. The Morgan fingerprint density at radius 1 is 1.33 bits per heavy atom. The summed E-state index contributed by atoms with van der Waals surface area (Å²) in [5.74, 6) is -0.774. The Morgan fingerprint density at radius 3 is 2.67 bits per heavy atom. The summed E-state index contributed by atoms with van der Waals surface area (Å²) in [6.07, 6.45) is 5.97. The number of hydrogen-bond acceptors (Lipinski definition) is 4. The average molecular weight is 293 g/mol. The Bertz CT molecular complexity index is 523. The second-order valence-corrected chi connectivity index (χ2v) is 5.39. The van der Waals surface area contributed by atoms with Gasteiger partial charge in [-0.3, -0.25) is 10.1 Å². The summed E-state index contributed by atoms with van der Waals surface area (Å²) >= 11 is 0. The lowest BCUT2D eigenvalue weighted by molar-refractivity contribution is -0.385. The van der Waals surface area contributed by atoms with E-state index in [1.807, 2.05) is 0 Å². The van der Waals surface area contributed by atoms with Crippen molar-refractivity contribution in [2.24, 2.45) is 5.92 Å². The molecule has 0 atom stereocenters. The van der Waals surface area contributed by atoms with Crippen LogP contribution in [0.4, 0.5) is 5.69 Å². The minimum absolute atomic E-state index is 0.0970. The lowest BCUT2D eigenvalue weighted by atomic mass is 9.90. The molecule has 114 valence electrons. The van der Waals surface area contributed by atoms with Gasteiger partial charge in [-0.05, 0) is 24.3 Å². The molecule has 1 aromatic carbocycles. The first kappa shape index (κ1) is 15.4. The van der Waals surface area contributed by atoms with E-state index in [9.17, 15) is 20.0 Å². The predicted octanol–water partition coefficient (Wildman–Crippen LogP) is 3.39. The van der Waals surface area contributed by atoms with E-state index < -0.39 is 10.9 Å². The van der Waals surface area contributed by atoms with Gasteiger partial charge < -0.3 is 9.84 Å². The molecule has 1 saturated carbocycles. The zero-order valence-corrected chi connectivity index (χ0v) is 11.8. The Labute approximate surface area is 122 Å². The quantitative estimate of drug-likeness (QED) is 0.641. The molecule has 0 unspecified atom stereocenters. The van der Waals surface area contributed by atoms with Crippen LogP contribution in [0.5, 0.6) is 0 Å². The third-order valence-electron chi connectivity index (χ3n) is 3.88. The Hall–Kier alpha value is -1.95. The van der Waals surface area contributed by atoms with Crippen molar-refractivity contribution in [3.63, 3.8) is 0 Å². The molecule has 0 aromatic heterocycles. The topological polar surface area (TPSA) is 89.7 Å². The van der Waals surface area contributed by atoms with Crippen LogP contribution >= 0.6 is 0 Å². The van der Waals surface area contributed by atoms with Gasteiger partial charge in [0.15, 0.2) is 0 Å². The fraction of sp³-hybridized carbons (Fsp3) is 0.533. The summed E-state index contributed by atoms with van der Waals surface area (Å²) < 4.78 is 5.60. The second-order valence-electron chi connectivity index (χ2n) is 5.39. The molecule has 2 rings (SSSR count). The normalized spacial score (nSPS) is 15.8. The van der Waals surface area contributed by atoms with Gasteiger partial charge in [0.05, 0.1) is 11.5 Å². The molecule has 0 bridgehead atoms. The summed E-state index contributed by atoms with van der Waals surface area (Å²) in [7, 11) is 0. The molecular weight excluding hydrogens is 274 g/mol. The molecule has 0 spiro atoms. The first-order chi connectivity index (χ1) is 10.1. The van der Waals surface area contributed by atoms with Crippen LogP contribution in [0.2, 0.25) is 0 Å². The molecule has 1 aromatic rings. The van der Waals surface area contributed by atoms with Gasteiger partial charge in [0.2, 0.25) is 0 Å². The number of carboxylic acid groups (broad SMARTS) is 1. The highest BCUT2D eigenvalue weighted by Crippen LogP contribution is 2.26. The molecule has 1 fully saturated rings. The molecule has 21 heavy (non-hydrogen) atoms. The maximum atomic E-state index is 11.3. The van der Waals surface area contributed by atoms with E-state index in [1.165, 1.54) is 31.4 Å². The number of ether oxygens (including phenoxy) is 1. The summed E-state index contributed by atoms with van der Waals surface area (Å²) in [4.78, 5) is 21.5. The molecule has 1 aliphatic carbocycles. The standard InChI is InChI=1S/C15H19NO5/c17-15(18)14-12(7-4-8-13(14)16(19)20)10-21-9-11-5-2-1-3-6-11/h4,7-8,11H,1-3,5-6,9-10H2,(H,17,18).